The number of carbonyl (C=O) groups excluding carboxylic acids is 1. The molecule has 5 heteroatoms. The average molecular weight is 237 g/mol. The van der Waals surface area contributed by atoms with E-state index in [2.05, 4.69) is 5.32 Å². The molecule has 1 unspecified atom stereocenters. The monoisotopic (exact) mass is 237 g/mol. The van der Waals surface area contributed by atoms with Gasteiger partial charge in [-0.3, -0.25) is 9.59 Å². The van der Waals surface area contributed by atoms with Gasteiger partial charge in [0, 0.05) is 18.8 Å². The maximum atomic E-state index is 11.6. The van der Waals surface area contributed by atoms with Gasteiger partial charge in [-0.2, -0.15) is 0 Å². The topological polar surface area (TPSA) is 77.1 Å². The quantitative estimate of drug-likeness (QED) is 0.800. The molecule has 5 nitrogen and oxygen atoms in total. The second kappa shape index (κ2) is 6.20. The molecule has 17 heavy (non-hydrogen) atoms. The van der Waals surface area contributed by atoms with Crippen LogP contribution in [0.5, 0.6) is 0 Å². The Morgan fingerprint density at radius 3 is 2.76 bits per heavy atom. The molecule has 0 fully saturated rings. The fourth-order valence-corrected chi connectivity index (χ4v) is 1.44. The number of pyridine rings is 1. The van der Waals surface area contributed by atoms with Crippen molar-refractivity contribution in [3.8, 4) is 0 Å². The maximum absolute atomic E-state index is 11.6. The molecule has 0 spiro atoms. The Morgan fingerprint density at radius 1 is 1.47 bits per heavy atom. The highest BCUT2D eigenvalue weighted by Crippen LogP contribution is 2.04. The van der Waals surface area contributed by atoms with Crippen LogP contribution in [-0.4, -0.2) is 16.5 Å². The third-order valence-electron chi connectivity index (χ3n) is 2.49. The number of hydrogen-bond acceptors (Lipinski definition) is 3. The minimum Gasteiger partial charge on any atom is -0.323 e. The summed E-state index contributed by atoms with van der Waals surface area (Å²) in [6.07, 6.45) is 3.10. The van der Waals surface area contributed by atoms with Gasteiger partial charge >= 0.3 is 0 Å². The molecule has 0 saturated carbocycles. The van der Waals surface area contributed by atoms with Gasteiger partial charge in [-0.05, 0) is 18.9 Å². The molecule has 0 aliphatic carbocycles. The molecule has 1 rings (SSSR count). The summed E-state index contributed by atoms with van der Waals surface area (Å²) in [6.45, 7) is 4.48. The zero-order valence-electron chi connectivity index (χ0n) is 10.3. The Labute approximate surface area is 101 Å². The van der Waals surface area contributed by atoms with Gasteiger partial charge in [0.05, 0.1) is 11.7 Å². The second-order valence-corrected chi connectivity index (χ2v) is 3.95. The summed E-state index contributed by atoms with van der Waals surface area (Å²) in [4.78, 5) is 23.0. The predicted octanol–water partition coefficient (Wildman–Crippen LogP) is 0.934. The highest BCUT2D eigenvalue weighted by molar-refractivity contribution is 5.94. The first-order chi connectivity index (χ1) is 8.08. The van der Waals surface area contributed by atoms with Crippen LogP contribution in [0.25, 0.3) is 0 Å². The van der Waals surface area contributed by atoms with E-state index in [0.717, 1.165) is 6.42 Å². The van der Waals surface area contributed by atoms with Crippen LogP contribution < -0.4 is 16.6 Å². The van der Waals surface area contributed by atoms with Gasteiger partial charge in [-0.1, -0.05) is 13.8 Å². The third kappa shape index (κ3) is 3.71. The number of nitrogens with two attached hydrogens (primary N) is 1. The van der Waals surface area contributed by atoms with Crippen molar-refractivity contribution in [2.24, 2.45) is 5.73 Å². The summed E-state index contributed by atoms with van der Waals surface area (Å²) >= 11 is 0. The van der Waals surface area contributed by atoms with E-state index >= 15 is 0 Å². The van der Waals surface area contributed by atoms with Gasteiger partial charge in [-0.15, -0.1) is 0 Å². The van der Waals surface area contributed by atoms with Crippen LogP contribution in [0.1, 0.15) is 26.7 Å². The molecular formula is C12H19N3O2. The zero-order chi connectivity index (χ0) is 12.8. The van der Waals surface area contributed by atoms with Crippen molar-refractivity contribution in [2.45, 2.75) is 39.3 Å². The standard InChI is InChI=1S/C12H19N3O2/c1-3-7-15-8-9(5-6-11(15)16)14-12(17)10(13)4-2/h5-6,8,10H,3-4,7,13H2,1-2H3,(H,14,17). The molecule has 1 amide bonds. The van der Waals surface area contributed by atoms with Gasteiger partial charge in [0.1, 0.15) is 0 Å². The van der Waals surface area contributed by atoms with Gasteiger partial charge < -0.3 is 15.6 Å². The summed E-state index contributed by atoms with van der Waals surface area (Å²) < 4.78 is 1.58. The first-order valence-electron chi connectivity index (χ1n) is 5.85. The molecule has 0 radical (unpaired) electrons. The van der Waals surface area contributed by atoms with E-state index in [-0.39, 0.29) is 11.5 Å². The molecule has 1 atom stereocenters. The van der Waals surface area contributed by atoms with Crippen LogP contribution in [0.2, 0.25) is 0 Å². The summed E-state index contributed by atoms with van der Waals surface area (Å²) in [5.41, 5.74) is 6.15. The smallest absolute Gasteiger partial charge is 0.250 e. The molecule has 0 aliphatic rings. The molecule has 0 aromatic carbocycles. The van der Waals surface area contributed by atoms with E-state index in [0.29, 0.717) is 18.7 Å². The van der Waals surface area contributed by atoms with Crippen molar-refractivity contribution in [3.05, 3.63) is 28.7 Å². The largest absolute Gasteiger partial charge is 0.323 e. The zero-order valence-corrected chi connectivity index (χ0v) is 10.3. The van der Waals surface area contributed by atoms with E-state index in [1.807, 2.05) is 13.8 Å². The molecule has 0 saturated heterocycles. The van der Waals surface area contributed by atoms with E-state index in [1.54, 1.807) is 16.8 Å². The Hall–Kier alpha value is -1.62. The number of amides is 1. The lowest BCUT2D eigenvalue weighted by Crippen LogP contribution is -2.35. The van der Waals surface area contributed by atoms with Crippen LogP contribution in [0.4, 0.5) is 5.69 Å². The normalized spacial score (nSPS) is 12.2. The second-order valence-electron chi connectivity index (χ2n) is 3.95. The fraction of sp³-hybridized carbons (Fsp3) is 0.500. The summed E-state index contributed by atoms with van der Waals surface area (Å²) in [5, 5.41) is 2.69. The van der Waals surface area contributed by atoms with Crippen molar-refractivity contribution in [1.82, 2.24) is 4.57 Å². The van der Waals surface area contributed by atoms with Crippen LogP contribution in [-0.2, 0) is 11.3 Å². The van der Waals surface area contributed by atoms with E-state index in [1.165, 1.54) is 6.07 Å². The van der Waals surface area contributed by atoms with E-state index < -0.39 is 6.04 Å². The molecule has 0 aliphatic heterocycles. The summed E-state index contributed by atoms with van der Waals surface area (Å²) in [6, 6.07) is 2.53. The lowest BCUT2D eigenvalue weighted by molar-refractivity contribution is -0.117. The first-order valence-corrected chi connectivity index (χ1v) is 5.85. The van der Waals surface area contributed by atoms with Gasteiger partial charge in [0.2, 0.25) is 5.91 Å². The SMILES string of the molecule is CCCn1cc(NC(=O)C(N)CC)ccc1=O. The number of nitrogens with zero attached hydrogens (tertiary/aromatic N) is 1. The maximum Gasteiger partial charge on any atom is 0.250 e. The Kier molecular flexibility index (Phi) is 4.90. The van der Waals surface area contributed by atoms with Gasteiger partial charge in [0.25, 0.3) is 5.56 Å². The van der Waals surface area contributed by atoms with Crippen LogP contribution in [0.15, 0.2) is 23.1 Å². The Balaban J connectivity index is 2.82. The van der Waals surface area contributed by atoms with Crippen molar-refractivity contribution >= 4 is 11.6 Å². The number of rotatable bonds is 5. The molecule has 1 heterocycles. The Bertz CT molecular complexity index is 440. The minimum absolute atomic E-state index is 0.0651. The molecule has 1 aromatic heterocycles. The molecule has 94 valence electrons. The first kappa shape index (κ1) is 13.4. The molecule has 1 aromatic rings. The number of anilines is 1. The van der Waals surface area contributed by atoms with Gasteiger partial charge in [-0.25, -0.2) is 0 Å². The fourth-order valence-electron chi connectivity index (χ4n) is 1.44. The van der Waals surface area contributed by atoms with Gasteiger partial charge in [0.15, 0.2) is 0 Å². The van der Waals surface area contributed by atoms with E-state index in [4.69, 9.17) is 5.73 Å². The molecular weight excluding hydrogens is 218 g/mol. The highest BCUT2D eigenvalue weighted by Gasteiger charge is 2.11. The lowest BCUT2D eigenvalue weighted by atomic mass is 10.2. The number of aryl methyl sites for hydroxylation is 1. The third-order valence-corrected chi connectivity index (χ3v) is 2.49. The van der Waals surface area contributed by atoms with Crippen LogP contribution in [0.3, 0.4) is 0 Å². The van der Waals surface area contributed by atoms with Crippen molar-refractivity contribution in [2.75, 3.05) is 5.32 Å². The lowest BCUT2D eigenvalue weighted by Gasteiger charge is -2.11. The Morgan fingerprint density at radius 2 is 2.18 bits per heavy atom. The number of nitrogens with one attached hydrogen (secondary N) is 1. The molecule has 3 N–H and O–H groups in total. The van der Waals surface area contributed by atoms with Crippen molar-refractivity contribution in [3.63, 3.8) is 0 Å². The number of aromatic nitrogens is 1. The summed E-state index contributed by atoms with van der Waals surface area (Å²) in [7, 11) is 0. The predicted molar refractivity (Wildman–Crippen MR) is 67.9 cm³/mol. The van der Waals surface area contributed by atoms with Crippen molar-refractivity contribution < 1.29 is 4.79 Å². The number of hydrogen-bond donors (Lipinski definition) is 2. The summed E-state index contributed by atoms with van der Waals surface area (Å²) in [5.74, 6) is -0.228. The van der Waals surface area contributed by atoms with Crippen LogP contribution in [0, 0.1) is 0 Å². The highest BCUT2D eigenvalue weighted by atomic mass is 16.2. The average Bonchev–Trinajstić information content (AvgIpc) is 2.32. The van der Waals surface area contributed by atoms with E-state index in [9.17, 15) is 9.59 Å². The van der Waals surface area contributed by atoms with Crippen molar-refractivity contribution in [1.29, 1.82) is 0 Å². The minimum atomic E-state index is -0.512. The molecule has 0 bridgehead atoms. The van der Waals surface area contributed by atoms with Crippen LogP contribution >= 0.6 is 0 Å². The number of carbonyl (C=O) groups is 1.